The molecule has 13 heavy (non-hydrogen) atoms. The van der Waals surface area contributed by atoms with Crippen LogP contribution in [0.1, 0.15) is 25.7 Å². The van der Waals surface area contributed by atoms with Crippen LogP contribution in [0.3, 0.4) is 0 Å². The normalized spacial score (nSPS) is 7.69. The lowest BCUT2D eigenvalue weighted by Crippen LogP contribution is -1.84. The second-order valence-corrected chi connectivity index (χ2v) is 2.36. The quantitative estimate of drug-likeness (QED) is 0.368. The van der Waals surface area contributed by atoms with Crippen LogP contribution in [0.15, 0.2) is 9.98 Å². The number of unbranched alkanes of at least 4 members (excludes halogenated alkanes) is 3. The van der Waals surface area contributed by atoms with E-state index in [0.717, 1.165) is 25.7 Å². The largest absolute Gasteiger partial charge is 0.344 e. The molecule has 0 saturated heterocycles. The van der Waals surface area contributed by atoms with E-state index < -0.39 is 0 Å². The second kappa shape index (κ2) is 13.3. The first-order chi connectivity index (χ1) is 5.91. The number of carbonyl (C=O) groups excluding carboxylic acids is 2. The fourth-order valence-electron chi connectivity index (χ4n) is 0.827. The van der Waals surface area contributed by atoms with Crippen molar-refractivity contribution in [2.45, 2.75) is 25.7 Å². The van der Waals surface area contributed by atoms with Gasteiger partial charge in [0.15, 0.2) is 0 Å². The number of isocyanates is 2. The predicted molar refractivity (Wildman–Crippen MR) is 49.5 cm³/mol. The zero-order valence-electron chi connectivity index (χ0n) is 7.66. The highest BCUT2D eigenvalue weighted by Crippen LogP contribution is 1.99. The Morgan fingerprint density at radius 2 is 1.15 bits per heavy atom. The molecule has 0 aliphatic heterocycles. The summed E-state index contributed by atoms with van der Waals surface area (Å²) >= 11 is 0. The monoisotopic (exact) mass is 185 g/mol. The van der Waals surface area contributed by atoms with Crippen LogP contribution < -0.4 is 6.15 Å². The van der Waals surface area contributed by atoms with Crippen LogP contribution in [0.25, 0.3) is 0 Å². The molecule has 0 rings (SSSR count). The summed E-state index contributed by atoms with van der Waals surface area (Å²) in [4.78, 5) is 26.1. The molecule has 0 aromatic heterocycles. The van der Waals surface area contributed by atoms with E-state index in [9.17, 15) is 9.59 Å². The Hall–Kier alpha value is -1.28. The highest BCUT2D eigenvalue weighted by molar-refractivity contribution is 5.32. The van der Waals surface area contributed by atoms with Crippen LogP contribution in [0.5, 0.6) is 0 Å². The summed E-state index contributed by atoms with van der Waals surface area (Å²) in [6.45, 7) is 1.11. The molecule has 0 bridgehead atoms. The average Bonchev–Trinajstić information content (AvgIpc) is 2.10. The molecule has 5 heteroatoms. The van der Waals surface area contributed by atoms with Gasteiger partial charge < -0.3 is 6.15 Å². The summed E-state index contributed by atoms with van der Waals surface area (Å²) < 4.78 is 0. The van der Waals surface area contributed by atoms with E-state index in [1.165, 1.54) is 12.2 Å². The number of hydrogen-bond acceptors (Lipinski definition) is 5. The van der Waals surface area contributed by atoms with E-state index in [-0.39, 0.29) is 6.15 Å². The minimum absolute atomic E-state index is 0. The average molecular weight is 185 g/mol. The lowest BCUT2D eigenvalue weighted by Gasteiger charge is -1.93. The van der Waals surface area contributed by atoms with E-state index in [2.05, 4.69) is 9.98 Å². The fourth-order valence-corrected chi connectivity index (χ4v) is 0.827. The molecule has 0 aliphatic rings. The molecule has 5 nitrogen and oxygen atoms in total. The SMILES string of the molecule is N.O=C=NCCCCCCN=C=O. The Balaban J connectivity index is 0. The highest BCUT2D eigenvalue weighted by Gasteiger charge is 1.87. The van der Waals surface area contributed by atoms with E-state index in [1.807, 2.05) is 0 Å². The van der Waals surface area contributed by atoms with Crippen molar-refractivity contribution in [1.29, 1.82) is 0 Å². The molecule has 0 aromatic carbocycles. The Morgan fingerprint density at radius 3 is 1.46 bits per heavy atom. The van der Waals surface area contributed by atoms with Gasteiger partial charge in [0, 0.05) is 0 Å². The molecule has 0 aromatic rings. The van der Waals surface area contributed by atoms with Crippen molar-refractivity contribution >= 4 is 12.2 Å². The van der Waals surface area contributed by atoms with Gasteiger partial charge in [-0.25, -0.2) is 19.6 Å². The molecule has 0 amide bonds. The van der Waals surface area contributed by atoms with Crippen LogP contribution in [-0.4, -0.2) is 25.2 Å². The maximum absolute atomic E-state index is 9.63. The summed E-state index contributed by atoms with van der Waals surface area (Å²) in [6.07, 6.45) is 6.80. The van der Waals surface area contributed by atoms with E-state index in [4.69, 9.17) is 0 Å². The first-order valence-electron chi connectivity index (χ1n) is 3.99. The van der Waals surface area contributed by atoms with E-state index >= 15 is 0 Å². The minimum atomic E-state index is 0. The molecular formula is C8H15N3O2. The first kappa shape index (κ1) is 14.3. The van der Waals surface area contributed by atoms with Crippen LogP contribution in [0, 0.1) is 0 Å². The summed E-state index contributed by atoms with van der Waals surface area (Å²) in [7, 11) is 0. The highest BCUT2D eigenvalue weighted by atomic mass is 16.1. The Morgan fingerprint density at radius 1 is 0.769 bits per heavy atom. The van der Waals surface area contributed by atoms with Gasteiger partial charge in [-0.15, -0.1) is 0 Å². The fraction of sp³-hybridized carbons (Fsp3) is 0.750. The first-order valence-corrected chi connectivity index (χ1v) is 3.99. The molecule has 74 valence electrons. The van der Waals surface area contributed by atoms with Crippen LogP contribution in [-0.2, 0) is 9.59 Å². The van der Waals surface area contributed by atoms with E-state index in [1.54, 1.807) is 0 Å². The predicted octanol–water partition coefficient (Wildman–Crippen LogP) is 1.38. The summed E-state index contributed by atoms with van der Waals surface area (Å²) in [5.74, 6) is 0. The number of rotatable bonds is 7. The zero-order chi connectivity index (χ0) is 9.07. The van der Waals surface area contributed by atoms with Gasteiger partial charge in [0.1, 0.15) is 0 Å². The number of aliphatic imine (C=N–C) groups is 2. The lowest BCUT2D eigenvalue weighted by molar-refractivity contribution is 0.558. The third-order valence-electron chi connectivity index (χ3n) is 1.42. The van der Waals surface area contributed by atoms with Gasteiger partial charge in [0.05, 0.1) is 13.1 Å². The molecular weight excluding hydrogens is 170 g/mol. The molecule has 0 atom stereocenters. The molecule has 0 saturated carbocycles. The smallest absolute Gasteiger partial charge is 0.234 e. The van der Waals surface area contributed by atoms with Gasteiger partial charge in [-0.2, -0.15) is 0 Å². The van der Waals surface area contributed by atoms with Crippen molar-refractivity contribution in [1.82, 2.24) is 6.15 Å². The van der Waals surface area contributed by atoms with Gasteiger partial charge >= 0.3 is 0 Å². The van der Waals surface area contributed by atoms with Crippen molar-refractivity contribution in [2.24, 2.45) is 9.98 Å². The summed E-state index contributed by atoms with van der Waals surface area (Å²) in [5.41, 5.74) is 0. The minimum Gasteiger partial charge on any atom is -0.344 e. The maximum Gasteiger partial charge on any atom is 0.234 e. The lowest BCUT2D eigenvalue weighted by atomic mass is 10.2. The molecule has 0 heterocycles. The molecule has 3 N–H and O–H groups in total. The zero-order valence-corrected chi connectivity index (χ0v) is 7.66. The van der Waals surface area contributed by atoms with Gasteiger partial charge in [-0.1, -0.05) is 12.8 Å². The standard InChI is InChI=1S/C8H12N2O2.H3N/c11-7-9-5-3-1-2-4-6-10-8-12;/h1-6H2;1H3. The third-order valence-corrected chi connectivity index (χ3v) is 1.42. The van der Waals surface area contributed by atoms with Gasteiger partial charge in [-0.3, -0.25) is 0 Å². The topological polar surface area (TPSA) is 93.9 Å². The van der Waals surface area contributed by atoms with Crippen molar-refractivity contribution in [2.75, 3.05) is 13.1 Å². The molecule has 0 unspecified atom stereocenters. The van der Waals surface area contributed by atoms with Crippen molar-refractivity contribution in [3.05, 3.63) is 0 Å². The van der Waals surface area contributed by atoms with Crippen LogP contribution in [0.4, 0.5) is 0 Å². The van der Waals surface area contributed by atoms with Crippen molar-refractivity contribution in [3.8, 4) is 0 Å². The van der Waals surface area contributed by atoms with Gasteiger partial charge in [0.25, 0.3) is 0 Å². The Bertz CT molecular complexity index is 172. The maximum atomic E-state index is 9.63. The van der Waals surface area contributed by atoms with Crippen molar-refractivity contribution in [3.63, 3.8) is 0 Å². The molecule has 0 radical (unpaired) electrons. The molecule has 0 spiro atoms. The Kier molecular flexibility index (Phi) is 14.6. The molecule has 0 fully saturated rings. The van der Waals surface area contributed by atoms with E-state index in [0.29, 0.717) is 13.1 Å². The molecule has 0 aliphatic carbocycles. The second-order valence-electron chi connectivity index (χ2n) is 2.36. The summed E-state index contributed by atoms with van der Waals surface area (Å²) in [5, 5.41) is 0. The van der Waals surface area contributed by atoms with Crippen molar-refractivity contribution < 1.29 is 9.59 Å². The van der Waals surface area contributed by atoms with Gasteiger partial charge in [-0.05, 0) is 12.8 Å². The van der Waals surface area contributed by atoms with Gasteiger partial charge in [0.2, 0.25) is 12.2 Å². The van der Waals surface area contributed by atoms with Crippen LogP contribution in [0.2, 0.25) is 0 Å². The van der Waals surface area contributed by atoms with Crippen LogP contribution >= 0.6 is 0 Å². The number of nitrogens with zero attached hydrogens (tertiary/aromatic N) is 2. The summed E-state index contributed by atoms with van der Waals surface area (Å²) in [6, 6.07) is 0. The Labute approximate surface area is 77.5 Å². The number of hydrogen-bond donors (Lipinski definition) is 1. The third kappa shape index (κ3) is 13.7.